The van der Waals surface area contributed by atoms with Crippen molar-refractivity contribution in [2.24, 2.45) is 5.92 Å². The van der Waals surface area contributed by atoms with Crippen LogP contribution in [0.4, 0.5) is 0 Å². The van der Waals surface area contributed by atoms with E-state index >= 15 is 0 Å². The van der Waals surface area contributed by atoms with Gasteiger partial charge in [0.05, 0.1) is 5.92 Å². The molecule has 1 rings (SSSR count). The first-order valence-corrected chi connectivity index (χ1v) is 5.37. The Morgan fingerprint density at radius 1 is 1.47 bits per heavy atom. The van der Waals surface area contributed by atoms with E-state index in [-0.39, 0.29) is 23.8 Å². The van der Waals surface area contributed by atoms with Gasteiger partial charge in [-0.2, -0.15) is 0 Å². The van der Waals surface area contributed by atoms with E-state index in [4.69, 9.17) is 0 Å². The fourth-order valence-corrected chi connectivity index (χ4v) is 1.77. The number of amides is 2. The number of hydrogen-bond donors (Lipinski definition) is 3. The predicted molar refractivity (Wildman–Crippen MR) is 57.3 cm³/mol. The second-order valence-corrected chi connectivity index (χ2v) is 3.85. The number of carbonyl (C=O) groups is 2. The summed E-state index contributed by atoms with van der Waals surface area (Å²) in [6.45, 7) is 3.33. The molecular formula is C10H19N3O2. The maximum atomic E-state index is 11.6. The van der Waals surface area contributed by atoms with Crippen LogP contribution in [0.15, 0.2) is 0 Å². The van der Waals surface area contributed by atoms with Crippen LogP contribution >= 0.6 is 0 Å². The zero-order chi connectivity index (χ0) is 11.3. The average Bonchev–Trinajstić information content (AvgIpc) is 2.64. The van der Waals surface area contributed by atoms with Gasteiger partial charge in [0.1, 0.15) is 0 Å². The quantitative estimate of drug-likeness (QED) is 0.575. The van der Waals surface area contributed by atoms with Crippen molar-refractivity contribution in [3.63, 3.8) is 0 Å². The normalized spacial score (nSPS) is 24.9. The van der Waals surface area contributed by atoms with E-state index < -0.39 is 0 Å². The van der Waals surface area contributed by atoms with Crippen molar-refractivity contribution in [3.8, 4) is 0 Å². The zero-order valence-corrected chi connectivity index (χ0v) is 9.30. The summed E-state index contributed by atoms with van der Waals surface area (Å²) in [4.78, 5) is 22.5. The van der Waals surface area contributed by atoms with E-state index in [1.54, 1.807) is 7.05 Å². The summed E-state index contributed by atoms with van der Waals surface area (Å²) < 4.78 is 0. The molecule has 1 heterocycles. The monoisotopic (exact) mass is 213 g/mol. The summed E-state index contributed by atoms with van der Waals surface area (Å²) in [6.07, 6.45) is 1.23. The zero-order valence-electron chi connectivity index (χ0n) is 9.30. The van der Waals surface area contributed by atoms with Gasteiger partial charge in [-0.25, -0.2) is 0 Å². The minimum absolute atomic E-state index is 0.0482. The molecule has 2 amide bonds. The molecule has 2 atom stereocenters. The van der Waals surface area contributed by atoms with Gasteiger partial charge >= 0.3 is 0 Å². The molecule has 0 aromatic rings. The van der Waals surface area contributed by atoms with Crippen LogP contribution in [0.3, 0.4) is 0 Å². The lowest BCUT2D eigenvalue weighted by atomic mass is 10.0. The summed E-state index contributed by atoms with van der Waals surface area (Å²) >= 11 is 0. The topological polar surface area (TPSA) is 70.2 Å². The Balaban J connectivity index is 2.21. The van der Waals surface area contributed by atoms with E-state index in [0.717, 1.165) is 13.0 Å². The molecule has 3 N–H and O–H groups in total. The molecule has 1 aliphatic rings. The molecule has 0 bridgehead atoms. The summed E-state index contributed by atoms with van der Waals surface area (Å²) in [7, 11) is 1.59. The van der Waals surface area contributed by atoms with Crippen molar-refractivity contribution < 1.29 is 9.59 Å². The first-order valence-electron chi connectivity index (χ1n) is 5.37. The lowest BCUT2D eigenvalue weighted by Gasteiger charge is -2.14. The van der Waals surface area contributed by atoms with Gasteiger partial charge in [0.15, 0.2) is 0 Å². The van der Waals surface area contributed by atoms with Crippen LogP contribution < -0.4 is 16.0 Å². The Hall–Kier alpha value is -1.10. The highest BCUT2D eigenvalue weighted by atomic mass is 16.2. The molecule has 0 aromatic carbocycles. The van der Waals surface area contributed by atoms with Gasteiger partial charge < -0.3 is 16.0 Å². The molecule has 0 saturated carbocycles. The molecule has 0 spiro atoms. The number of rotatable bonds is 4. The molecule has 2 unspecified atom stereocenters. The fraction of sp³-hybridized carbons (Fsp3) is 0.800. The van der Waals surface area contributed by atoms with Crippen LogP contribution in [0.5, 0.6) is 0 Å². The molecule has 1 fully saturated rings. The van der Waals surface area contributed by atoms with Crippen LogP contribution in [-0.2, 0) is 9.59 Å². The first kappa shape index (κ1) is 12.0. The predicted octanol–water partition coefficient (Wildman–Crippen LogP) is -0.763. The van der Waals surface area contributed by atoms with E-state index in [1.165, 1.54) is 0 Å². The average molecular weight is 213 g/mol. The van der Waals surface area contributed by atoms with Crippen molar-refractivity contribution in [2.75, 3.05) is 20.1 Å². The lowest BCUT2D eigenvalue weighted by Crippen LogP contribution is -2.38. The molecule has 15 heavy (non-hydrogen) atoms. The van der Waals surface area contributed by atoms with Crippen LogP contribution in [0.1, 0.15) is 19.8 Å². The smallest absolute Gasteiger partial charge is 0.224 e. The Morgan fingerprint density at radius 3 is 2.73 bits per heavy atom. The van der Waals surface area contributed by atoms with Crippen molar-refractivity contribution in [2.45, 2.75) is 25.8 Å². The Kier molecular flexibility index (Phi) is 4.55. The van der Waals surface area contributed by atoms with Crippen LogP contribution in [-0.4, -0.2) is 38.0 Å². The number of hydrogen-bond acceptors (Lipinski definition) is 3. The summed E-state index contributed by atoms with van der Waals surface area (Å²) in [6, 6.07) is 0.241. The summed E-state index contributed by atoms with van der Waals surface area (Å²) in [5, 5.41) is 8.52. The molecule has 5 heteroatoms. The number of carbonyl (C=O) groups excluding carboxylic acids is 2. The maximum absolute atomic E-state index is 11.6. The lowest BCUT2D eigenvalue weighted by molar-refractivity contribution is -0.125. The third kappa shape index (κ3) is 3.51. The van der Waals surface area contributed by atoms with E-state index in [2.05, 4.69) is 16.0 Å². The maximum Gasteiger partial charge on any atom is 0.224 e. The second-order valence-electron chi connectivity index (χ2n) is 3.85. The highest BCUT2D eigenvalue weighted by molar-refractivity contribution is 5.81. The van der Waals surface area contributed by atoms with Gasteiger partial charge in [-0.15, -0.1) is 0 Å². The highest BCUT2D eigenvalue weighted by Gasteiger charge is 2.28. The van der Waals surface area contributed by atoms with Crippen LogP contribution in [0.2, 0.25) is 0 Å². The second kappa shape index (κ2) is 5.70. The van der Waals surface area contributed by atoms with E-state index in [0.29, 0.717) is 13.0 Å². The first-order chi connectivity index (χ1) is 7.15. The molecule has 5 nitrogen and oxygen atoms in total. The van der Waals surface area contributed by atoms with Crippen LogP contribution in [0.25, 0.3) is 0 Å². The fourth-order valence-electron chi connectivity index (χ4n) is 1.77. The molecule has 0 aliphatic carbocycles. The van der Waals surface area contributed by atoms with E-state index in [1.807, 2.05) is 6.92 Å². The SMILES string of the molecule is CNC(=O)CCNC(=O)C1CCNC1C. The number of nitrogens with one attached hydrogen (secondary N) is 3. The molecule has 0 aromatic heterocycles. The van der Waals surface area contributed by atoms with Crippen molar-refractivity contribution in [1.82, 2.24) is 16.0 Å². The van der Waals surface area contributed by atoms with Gasteiger partial charge in [0.25, 0.3) is 0 Å². The van der Waals surface area contributed by atoms with E-state index in [9.17, 15) is 9.59 Å². The molecule has 0 radical (unpaired) electrons. The molecule has 1 saturated heterocycles. The van der Waals surface area contributed by atoms with Gasteiger partial charge in [-0.1, -0.05) is 0 Å². The minimum atomic E-state index is -0.0482. The van der Waals surface area contributed by atoms with Gasteiger partial charge in [-0.05, 0) is 19.9 Å². The molecule has 1 aliphatic heterocycles. The van der Waals surface area contributed by atoms with Gasteiger partial charge in [0.2, 0.25) is 11.8 Å². The van der Waals surface area contributed by atoms with Gasteiger partial charge in [0, 0.05) is 26.1 Å². The van der Waals surface area contributed by atoms with Crippen molar-refractivity contribution in [1.29, 1.82) is 0 Å². The minimum Gasteiger partial charge on any atom is -0.359 e. The third-order valence-electron chi connectivity index (χ3n) is 2.79. The Bertz CT molecular complexity index is 243. The van der Waals surface area contributed by atoms with Crippen molar-refractivity contribution >= 4 is 11.8 Å². The van der Waals surface area contributed by atoms with Crippen LogP contribution in [0, 0.1) is 5.92 Å². The third-order valence-corrected chi connectivity index (χ3v) is 2.79. The standard InChI is InChI=1S/C10H19N3O2/c1-7-8(3-5-12-7)10(15)13-6-4-9(14)11-2/h7-8,12H,3-6H2,1-2H3,(H,11,14)(H,13,15). The molecule has 86 valence electrons. The summed E-state index contributed by atoms with van der Waals surface area (Å²) in [5.41, 5.74) is 0. The van der Waals surface area contributed by atoms with Crippen molar-refractivity contribution in [3.05, 3.63) is 0 Å². The Morgan fingerprint density at radius 2 is 2.20 bits per heavy atom. The largest absolute Gasteiger partial charge is 0.359 e. The molecular weight excluding hydrogens is 194 g/mol. The highest BCUT2D eigenvalue weighted by Crippen LogP contribution is 2.14. The summed E-state index contributed by atoms with van der Waals surface area (Å²) in [5.74, 6) is 0.0546. The Labute approximate surface area is 90.0 Å². The van der Waals surface area contributed by atoms with Gasteiger partial charge in [-0.3, -0.25) is 9.59 Å².